The maximum absolute atomic E-state index is 11.6. The third-order valence-corrected chi connectivity index (χ3v) is 3.12. The molecule has 1 amide bonds. The molecule has 2 N–H and O–H groups in total. The number of nitrogens with one attached hydrogen (secondary N) is 1. The summed E-state index contributed by atoms with van der Waals surface area (Å²) in [5.41, 5.74) is 1.27. The van der Waals surface area contributed by atoms with Crippen LogP contribution in [0.4, 0.5) is 5.69 Å². The Labute approximate surface area is 110 Å². The lowest BCUT2D eigenvalue weighted by Gasteiger charge is -2.27. The molecular weight excluding hydrogens is 250 g/mol. The molecular formula is C13H15NO5. The predicted molar refractivity (Wildman–Crippen MR) is 67.8 cm³/mol. The van der Waals surface area contributed by atoms with Crippen molar-refractivity contribution in [1.29, 1.82) is 0 Å². The van der Waals surface area contributed by atoms with Gasteiger partial charge < -0.3 is 19.9 Å². The summed E-state index contributed by atoms with van der Waals surface area (Å²) in [5.74, 6) is -0.549. The van der Waals surface area contributed by atoms with Crippen molar-refractivity contribution in [3.8, 4) is 11.5 Å². The van der Waals surface area contributed by atoms with Gasteiger partial charge in [0, 0.05) is 23.6 Å². The summed E-state index contributed by atoms with van der Waals surface area (Å²) >= 11 is 0. The molecule has 1 aliphatic rings. The number of carboxylic acids is 1. The zero-order chi connectivity index (χ0) is 14.0. The van der Waals surface area contributed by atoms with Gasteiger partial charge in [-0.15, -0.1) is 0 Å². The second-order valence-corrected chi connectivity index (χ2v) is 4.31. The molecule has 0 radical (unpaired) electrons. The zero-order valence-corrected chi connectivity index (χ0v) is 10.7. The van der Waals surface area contributed by atoms with Gasteiger partial charge in [0.2, 0.25) is 5.91 Å². The van der Waals surface area contributed by atoms with Crippen LogP contribution in [0.2, 0.25) is 0 Å². The highest BCUT2D eigenvalue weighted by Gasteiger charge is 2.31. The Morgan fingerprint density at radius 1 is 1.42 bits per heavy atom. The highest BCUT2D eigenvalue weighted by atomic mass is 16.5. The summed E-state index contributed by atoms with van der Waals surface area (Å²) in [7, 11) is 3.00. The fourth-order valence-electron chi connectivity index (χ4n) is 2.38. The average Bonchev–Trinajstić information content (AvgIpc) is 2.36. The van der Waals surface area contributed by atoms with Gasteiger partial charge in [0.15, 0.2) is 11.5 Å². The van der Waals surface area contributed by atoms with Crippen LogP contribution in [0.5, 0.6) is 11.5 Å². The minimum atomic E-state index is -0.949. The number of hydrogen-bond donors (Lipinski definition) is 2. The van der Waals surface area contributed by atoms with Gasteiger partial charge in [-0.3, -0.25) is 9.59 Å². The smallest absolute Gasteiger partial charge is 0.303 e. The van der Waals surface area contributed by atoms with Crippen molar-refractivity contribution in [3.63, 3.8) is 0 Å². The quantitative estimate of drug-likeness (QED) is 0.863. The van der Waals surface area contributed by atoms with Gasteiger partial charge in [-0.25, -0.2) is 0 Å². The minimum Gasteiger partial charge on any atom is -0.493 e. The van der Waals surface area contributed by atoms with Crippen molar-refractivity contribution in [2.45, 2.75) is 18.8 Å². The number of carbonyl (C=O) groups excluding carboxylic acids is 1. The second-order valence-electron chi connectivity index (χ2n) is 4.31. The standard InChI is InChI=1S/C13H15NO5/c1-18-9-4-3-8-12(13(9)19-2)7(6-11(16)17)5-10(15)14-8/h3-4,7H,5-6H2,1-2H3,(H,14,15)(H,16,17). The van der Waals surface area contributed by atoms with Gasteiger partial charge >= 0.3 is 5.97 Å². The van der Waals surface area contributed by atoms with Crippen molar-refractivity contribution in [2.75, 3.05) is 19.5 Å². The number of carbonyl (C=O) groups is 2. The highest BCUT2D eigenvalue weighted by Crippen LogP contribution is 2.45. The summed E-state index contributed by atoms with van der Waals surface area (Å²) in [6.45, 7) is 0. The van der Waals surface area contributed by atoms with Crippen LogP contribution in [-0.4, -0.2) is 31.2 Å². The van der Waals surface area contributed by atoms with Crippen molar-refractivity contribution >= 4 is 17.6 Å². The first-order valence-electron chi connectivity index (χ1n) is 5.83. The third kappa shape index (κ3) is 2.47. The molecule has 19 heavy (non-hydrogen) atoms. The molecule has 1 unspecified atom stereocenters. The Morgan fingerprint density at radius 2 is 2.16 bits per heavy atom. The molecule has 1 aliphatic heterocycles. The lowest BCUT2D eigenvalue weighted by atomic mass is 9.87. The molecule has 0 saturated carbocycles. The molecule has 6 nitrogen and oxygen atoms in total. The number of anilines is 1. The molecule has 1 aromatic rings. The number of methoxy groups -OCH3 is 2. The molecule has 1 atom stereocenters. The fraction of sp³-hybridized carbons (Fsp3) is 0.385. The Balaban J connectivity index is 2.54. The topological polar surface area (TPSA) is 84.9 Å². The number of amides is 1. The van der Waals surface area contributed by atoms with E-state index >= 15 is 0 Å². The molecule has 102 valence electrons. The molecule has 0 aliphatic carbocycles. The Morgan fingerprint density at radius 3 is 2.74 bits per heavy atom. The first-order chi connectivity index (χ1) is 9.06. The van der Waals surface area contributed by atoms with Gasteiger partial charge in [0.05, 0.1) is 20.6 Å². The first kappa shape index (κ1) is 13.2. The van der Waals surface area contributed by atoms with E-state index < -0.39 is 11.9 Å². The molecule has 0 spiro atoms. The van der Waals surface area contributed by atoms with Gasteiger partial charge in [-0.2, -0.15) is 0 Å². The maximum Gasteiger partial charge on any atom is 0.303 e. The van der Waals surface area contributed by atoms with Crippen molar-refractivity contribution in [3.05, 3.63) is 17.7 Å². The molecule has 1 aromatic carbocycles. The second kappa shape index (κ2) is 5.17. The molecule has 0 saturated heterocycles. The number of carboxylic acid groups (broad SMARTS) is 1. The largest absolute Gasteiger partial charge is 0.493 e. The maximum atomic E-state index is 11.6. The van der Waals surface area contributed by atoms with Crippen LogP contribution in [0.25, 0.3) is 0 Å². The van der Waals surface area contributed by atoms with Crippen LogP contribution in [0.15, 0.2) is 12.1 Å². The van der Waals surface area contributed by atoms with Gasteiger partial charge in [0.25, 0.3) is 0 Å². The number of fused-ring (bicyclic) bond motifs is 1. The number of hydrogen-bond acceptors (Lipinski definition) is 4. The van der Waals surface area contributed by atoms with E-state index in [1.54, 1.807) is 12.1 Å². The lowest BCUT2D eigenvalue weighted by Crippen LogP contribution is -2.25. The molecule has 0 bridgehead atoms. The summed E-state index contributed by atoms with van der Waals surface area (Å²) < 4.78 is 10.5. The normalized spacial score (nSPS) is 17.4. The highest BCUT2D eigenvalue weighted by molar-refractivity contribution is 5.96. The summed E-state index contributed by atoms with van der Waals surface area (Å²) in [6, 6.07) is 3.38. The van der Waals surface area contributed by atoms with E-state index in [4.69, 9.17) is 14.6 Å². The van der Waals surface area contributed by atoms with Crippen LogP contribution >= 0.6 is 0 Å². The Bertz CT molecular complexity index is 526. The van der Waals surface area contributed by atoms with Crippen LogP contribution in [0, 0.1) is 0 Å². The molecule has 2 rings (SSSR count). The van der Waals surface area contributed by atoms with E-state index in [2.05, 4.69) is 5.32 Å². The lowest BCUT2D eigenvalue weighted by molar-refractivity contribution is -0.137. The van der Waals surface area contributed by atoms with E-state index in [-0.39, 0.29) is 18.7 Å². The van der Waals surface area contributed by atoms with E-state index in [0.717, 1.165) is 0 Å². The summed E-state index contributed by atoms with van der Waals surface area (Å²) in [4.78, 5) is 22.5. The Kier molecular flexibility index (Phi) is 3.59. The fourth-order valence-corrected chi connectivity index (χ4v) is 2.38. The zero-order valence-electron chi connectivity index (χ0n) is 10.7. The molecule has 6 heteroatoms. The molecule has 0 aromatic heterocycles. The number of rotatable bonds is 4. The minimum absolute atomic E-state index is 0.121. The Hall–Kier alpha value is -2.24. The summed E-state index contributed by atoms with van der Waals surface area (Å²) in [6.07, 6.45) is 0.00672. The van der Waals surface area contributed by atoms with Crippen LogP contribution in [0.1, 0.15) is 24.3 Å². The predicted octanol–water partition coefficient (Wildman–Crippen LogP) is 1.60. The van der Waals surface area contributed by atoms with Crippen molar-refractivity contribution in [2.24, 2.45) is 0 Å². The number of ether oxygens (including phenoxy) is 2. The van der Waals surface area contributed by atoms with E-state index in [0.29, 0.717) is 22.7 Å². The van der Waals surface area contributed by atoms with Gasteiger partial charge in [-0.1, -0.05) is 0 Å². The monoisotopic (exact) mass is 265 g/mol. The first-order valence-corrected chi connectivity index (χ1v) is 5.83. The van der Waals surface area contributed by atoms with E-state index in [1.807, 2.05) is 0 Å². The van der Waals surface area contributed by atoms with Crippen LogP contribution < -0.4 is 14.8 Å². The van der Waals surface area contributed by atoms with E-state index in [1.165, 1.54) is 14.2 Å². The van der Waals surface area contributed by atoms with E-state index in [9.17, 15) is 9.59 Å². The van der Waals surface area contributed by atoms with Crippen LogP contribution in [0.3, 0.4) is 0 Å². The average molecular weight is 265 g/mol. The molecule has 1 heterocycles. The number of benzene rings is 1. The van der Waals surface area contributed by atoms with Crippen LogP contribution in [-0.2, 0) is 9.59 Å². The van der Waals surface area contributed by atoms with Gasteiger partial charge in [-0.05, 0) is 12.1 Å². The van der Waals surface area contributed by atoms with Crippen molar-refractivity contribution in [1.82, 2.24) is 0 Å². The van der Waals surface area contributed by atoms with Gasteiger partial charge in [0.1, 0.15) is 0 Å². The molecule has 0 fully saturated rings. The third-order valence-electron chi connectivity index (χ3n) is 3.12. The summed E-state index contributed by atoms with van der Waals surface area (Å²) in [5, 5.41) is 11.7. The number of aliphatic carboxylic acids is 1. The van der Waals surface area contributed by atoms with Crippen molar-refractivity contribution < 1.29 is 24.2 Å². The SMILES string of the molecule is COc1ccc2c(c1OC)C(CC(=O)O)CC(=O)N2.